The zero-order chi connectivity index (χ0) is 14.4. The second kappa shape index (κ2) is 6.47. The lowest BCUT2D eigenvalue weighted by Crippen LogP contribution is -2.42. The Hall–Kier alpha value is -2.45. The summed E-state index contributed by atoms with van der Waals surface area (Å²) >= 11 is 0. The summed E-state index contributed by atoms with van der Waals surface area (Å²) in [5, 5.41) is 8.36. The van der Waals surface area contributed by atoms with Crippen molar-refractivity contribution in [2.24, 2.45) is 0 Å². The van der Waals surface area contributed by atoms with Crippen LogP contribution >= 0.6 is 0 Å². The van der Waals surface area contributed by atoms with Gasteiger partial charge in [-0.05, 0) is 13.8 Å². The Morgan fingerprint density at radius 3 is 2.74 bits per heavy atom. The highest BCUT2D eigenvalue weighted by atomic mass is 16.5. The molecule has 2 N–H and O–H groups in total. The molecule has 1 aromatic heterocycles. The fraction of sp³-hybridized carbons (Fsp3) is 0.500. The normalized spacial score (nSPS) is 11.5. The highest BCUT2D eigenvalue weighted by molar-refractivity contribution is 5.96. The summed E-state index contributed by atoms with van der Waals surface area (Å²) in [6.45, 7) is 3.65. The predicted octanol–water partition coefficient (Wildman–Crippen LogP) is -0.529. The van der Waals surface area contributed by atoms with Gasteiger partial charge in [-0.25, -0.2) is 19.3 Å². The standard InChI is InChI=1S/C10H15N5O4/c1-4-11-10(18)13-8(16)6(2)15-5-12-7(14-15)9(17)19-3/h5-6H,4H2,1-3H3,(H2,11,13,16,18). The summed E-state index contributed by atoms with van der Waals surface area (Å²) in [4.78, 5) is 37.7. The Kier molecular flexibility index (Phi) is 4.98. The molecule has 1 aromatic rings. The van der Waals surface area contributed by atoms with Crippen molar-refractivity contribution in [3.63, 3.8) is 0 Å². The first-order valence-corrected chi connectivity index (χ1v) is 5.57. The number of carbonyl (C=O) groups is 3. The van der Waals surface area contributed by atoms with Crippen molar-refractivity contribution >= 4 is 17.9 Å². The van der Waals surface area contributed by atoms with Gasteiger partial charge in [0.25, 0.3) is 11.7 Å². The summed E-state index contributed by atoms with van der Waals surface area (Å²) in [5.41, 5.74) is 0. The number of hydrogen-bond acceptors (Lipinski definition) is 6. The van der Waals surface area contributed by atoms with E-state index >= 15 is 0 Å². The zero-order valence-corrected chi connectivity index (χ0v) is 10.8. The van der Waals surface area contributed by atoms with Crippen molar-refractivity contribution < 1.29 is 19.1 Å². The predicted molar refractivity (Wildman–Crippen MR) is 63.3 cm³/mol. The van der Waals surface area contributed by atoms with Gasteiger partial charge in [0.05, 0.1) is 7.11 Å². The summed E-state index contributed by atoms with van der Waals surface area (Å²) in [6, 6.07) is -1.37. The third-order valence-corrected chi connectivity index (χ3v) is 2.23. The van der Waals surface area contributed by atoms with E-state index in [-0.39, 0.29) is 5.82 Å². The van der Waals surface area contributed by atoms with E-state index in [1.54, 1.807) is 6.92 Å². The van der Waals surface area contributed by atoms with Gasteiger partial charge in [0, 0.05) is 6.54 Å². The van der Waals surface area contributed by atoms with Crippen molar-refractivity contribution in [2.75, 3.05) is 13.7 Å². The van der Waals surface area contributed by atoms with Crippen molar-refractivity contribution in [1.82, 2.24) is 25.4 Å². The molecule has 0 saturated heterocycles. The minimum Gasteiger partial charge on any atom is -0.463 e. The summed E-state index contributed by atoms with van der Waals surface area (Å²) in [5.74, 6) is -1.41. The minimum absolute atomic E-state index is 0.153. The molecule has 9 nitrogen and oxygen atoms in total. The van der Waals surface area contributed by atoms with Crippen LogP contribution in [0.4, 0.5) is 4.79 Å². The third kappa shape index (κ3) is 3.76. The fourth-order valence-electron chi connectivity index (χ4n) is 1.19. The van der Waals surface area contributed by atoms with Gasteiger partial charge in [0.2, 0.25) is 0 Å². The number of esters is 1. The number of ether oxygens (including phenoxy) is 1. The topological polar surface area (TPSA) is 115 Å². The molecule has 1 rings (SSSR count). The number of aromatic nitrogens is 3. The minimum atomic E-state index is -0.784. The van der Waals surface area contributed by atoms with Crippen molar-refractivity contribution in [1.29, 1.82) is 0 Å². The van der Waals surface area contributed by atoms with Gasteiger partial charge >= 0.3 is 12.0 Å². The van der Waals surface area contributed by atoms with Crippen LogP contribution in [0.3, 0.4) is 0 Å². The molecular formula is C10H15N5O4. The average Bonchev–Trinajstić information content (AvgIpc) is 2.86. The smallest absolute Gasteiger partial charge is 0.377 e. The lowest BCUT2D eigenvalue weighted by molar-refractivity contribution is -0.123. The van der Waals surface area contributed by atoms with Crippen LogP contribution in [0.1, 0.15) is 30.5 Å². The van der Waals surface area contributed by atoms with Crippen LogP contribution in [-0.4, -0.2) is 46.3 Å². The van der Waals surface area contributed by atoms with Crippen molar-refractivity contribution in [2.45, 2.75) is 19.9 Å². The van der Waals surface area contributed by atoms with Gasteiger partial charge in [0.1, 0.15) is 12.4 Å². The Balaban J connectivity index is 2.69. The van der Waals surface area contributed by atoms with Crippen LogP contribution in [0.2, 0.25) is 0 Å². The van der Waals surface area contributed by atoms with Crippen molar-refractivity contribution in [3.8, 4) is 0 Å². The molecule has 3 amide bonds. The van der Waals surface area contributed by atoms with Gasteiger partial charge in [-0.1, -0.05) is 0 Å². The molecule has 104 valence electrons. The largest absolute Gasteiger partial charge is 0.463 e. The molecule has 0 fully saturated rings. The Labute approximate surface area is 109 Å². The van der Waals surface area contributed by atoms with E-state index in [0.29, 0.717) is 6.54 Å². The van der Waals surface area contributed by atoms with Gasteiger partial charge in [-0.2, -0.15) is 0 Å². The average molecular weight is 269 g/mol. The number of urea groups is 1. The van der Waals surface area contributed by atoms with Crippen LogP contribution in [-0.2, 0) is 9.53 Å². The van der Waals surface area contributed by atoms with E-state index in [1.165, 1.54) is 25.0 Å². The molecule has 0 aliphatic rings. The molecule has 0 aliphatic heterocycles. The van der Waals surface area contributed by atoms with Crippen LogP contribution in [0, 0.1) is 0 Å². The molecule has 0 bridgehead atoms. The number of amides is 3. The maximum Gasteiger partial charge on any atom is 0.377 e. The zero-order valence-electron chi connectivity index (χ0n) is 10.8. The van der Waals surface area contributed by atoms with Gasteiger partial charge in [-0.15, -0.1) is 5.10 Å². The number of methoxy groups -OCH3 is 1. The maximum atomic E-state index is 11.7. The van der Waals surface area contributed by atoms with E-state index < -0.39 is 23.9 Å². The second-order valence-electron chi connectivity index (χ2n) is 3.56. The number of carbonyl (C=O) groups excluding carboxylic acids is 3. The summed E-state index contributed by atoms with van der Waals surface area (Å²) in [7, 11) is 1.20. The molecule has 1 atom stereocenters. The van der Waals surface area contributed by atoms with E-state index in [0.717, 1.165) is 0 Å². The molecule has 9 heteroatoms. The van der Waals surface area contributed by atoms with Gasteiger partial charge in [0.15, 0.2) is 0 Å². The second-order valence-corrected chi connectivity index (χ2v) is 3.56. The summed E-state index contributed by atoms with van der Waals surface area (Å²) < 4.78 is 5.61. The Morgan fingerprint density at radius 2 is 2.16 bits per heavy atom. The van der Waals surface area contributed by atoms with Gasteiger partial charge in [-0.3, -0.25) is 10.1 Å². The van der Waals surface area contributed by atoms with Crippen molar-refractivity contribution in [3.05, 3.63) is 12.2 Å². The number of hydrogen-bond donors (Lipinski definition) is 2. The van der Waals surface area contributed by atoms with Gasteiger partial charge < -0.3 is 10.1 Å². The SMILES string of the molecule is CCNC(=O)NC(=O)C(C)n1cnc(C(=O)OC)n1. The molecule has 0 radical (unpaired) electrons. The first-order chi connectivity index (χ1) is 8.99. The molecule has 1 heterocycles. The van der Waals surface area contributed by atoms with Crippen LogP contribution in [0.25, 0.3) is 0 Å². The Morgan fingerprint density at radius 1 is 1.47 bits per heavy atom. The van der Waals surface area contributed by atoms with Crippen LogP contribution in [0.15, 0.2) is 6.33 Å². The number of imide groups is 1. The first kappa shape index (κ1) is 14.6. The maximum absolute atomic E-state index is 11.7. The lowest BCUT2D eigenvalue weighted by atomic mass is 10.3. The molecular weight excluding hydrogens is 254 g/mol. The summed E-state index contributed by atoms with van der Waals surface area (Å²) in [6.07, 6.45) is 1.22. The van der Waals surface area contributed by atoms with E-state index in [9.17, 15) is 14.4 Å². The number of nitrogens with zero attached hydrogens (tertiary/aromatic N) is 3. The molecule has 0 spiro atoms. The molecule has 0 aliphatic carbocycles. The lowest BCUT2D eigenvalue weighted by Gasteiger charge is -2.11. The fourth-order valence-corrected chi connectivity index (χ4v) is 1.19. The first-order valence-electron chi connectivity index (χ1n) is 5.57. The quantitative estimate of drug-likeness (QED) is 0.710. The number of rotatable bonds is 4. The van der Waals surface area contributed by atoms with E-state index in [1.807, 2.05) is 0 Å². The highest BCUT2D eigenvalue weighted by Crippen LogP contribution is 2.04. The Bertz CT molecular complexity index is 484. The molecule has 19 heavy (non-hydrogen) atoms. The van der Waals surface area contributed by atoms with E-state index in [2.05, 4.69) is 25.5 Å². The highest BCUT2D eigenvalue weighted by Gasteiger charge is 2.20. The molecule has 1 unspecified atom stereocenters. The molecule has 0 aromatic carbocycles. The van der Waals surface area contributed by atoms with Crippen LogP contribution in [0.5, 0.6) is 0 Å². The number of nitrogens with one attached hydrogen (secondary N) is 2. The van der Waals surface area contributed by atoms with Crippen LogP contribution < -0.4 is 10.6 Å². The third-order valence-electron chi connectivity index (χ3n) is 2.23. The van der Waals surface area contributed by atoms with E-state index in [4.69, 9.17) is 0 Å². The monoisotopic (exact) mass is 269 g/mol. The molecule has 0 saturated carbocycles.